The number of aromatic nitrogens is 1. The van der Waals surface area contributed by atoms with Crippen molar-refractivity contribution < 1.29 is 9.90 Å². The summed E-state index contributed by atoms with van der Waals surface area (Å²) in [4.78, 5) is 20.8. The van der Waals surface area contributed by atoms with Crippen molar-refractivity contribution >= 4 is 44.6 Å². The minimum Gasteiger partial charge on any atom is -0.510 e. The average Bonchev–Trinajstić information content (AvgIpc) is 3.39. The maximum absolute atomic E-state index is 12.8. The molecule has 1 amide bonds. The number of benzene rings is 3. The van der Waals surface area contributed by atoms with Gasteiger partial charge in [0.25, 0.3) is 5.91 Å². The summed E-state index contributed by atoms with van der Waals surface area (Å²) in [6.07, 6.45) is 0. The fourth-order valence-corrected chi connectivity index (χ4v) is 4.97. The maximum Gasteiger partial charge on any atom is 0.253 e. The molecule has 3 aromatic carbocycles. The average molecular weight is 455 g/mol. The summed E-state index contributed by atoms with van der Waals surface area (Å²) >= 11 is 1.46. The first-order chi connectivity index (χ1) is 16.0. The van der Waals surface area contributed by atoms with E-state index in [1.807, 2.05) is 66.7 Å². The van der Waals surface area contributed by atoms with Crippen LogP contribution in [0.25, 0.3) is 15.8 Å². The molecule has 0 radical (unpaired) electrons. The topological polar surface area (TPSA) is 80.5 Å². The van der Waals surface area contributed by atoms with E-state index in [1.54, 1.807) is 29.0 Å². The molecular formula is C26H22N4O2S. The summed E-state index contributed by atoms with van der Waals surface area (Å²) in [5.74, 6) is 0.256. The number of para-hydroxylation sites is 1. The standard InChI is InChI=1S/C26H22N4O2S/c1-29(15-17-7-3-2-4-8-17)26(32)18-11-13-19(14-12-18)30-16-21(31)23(24(30)27)25-28-20-9-5-6-10-22(20)33-25/h2-14,27,31H,15-16H2,1H3. The Kier molecular flexibility index (Phi) is 5.40. The number of fused-ring (bicyclic) bond motifs is 1. The molecule has 0 saturated heterocycles. The van der Waals surface area contributed by atoms with Gasteiger partial charge in [-0.2, -0.15) is 0 Å². The Bertz CT molecular complexity index is 1340. The number of rotatable bonds is 5. The number of aliphatic hydroxyl groups is 1. The number of aliphatic hydroxyl groups excluding tert-OH is 1. The van der Waals surface area contributed by atoms with Gasteiger partial charge in [0.05, 0.1) is 22.3 Å². The molecule has 0 atom stereocenters. The van der Waals surface area contributed by atoms with Crippen LogP contribution in [0.2, 0.25) is 0 Å². The molecule has 6 nitrogen and oxygen atoms in total. The van der Waals surface area contributed by atoms with Crippen molar-refractivity contribution in [2.24, 2.45) is 0 Å². The van der Waals surface area contributed by atoms with Crippen molar-refractivity contribution in [2.75, 3.05) is 18.5 Å². The van der Waals surface area contributed by atoms with Gasteiger partial charge in [0.2, 0.25) is 0 Å². The van der Waals surface area contributed by atoms with Crippen LogP contribution in [0, 0.1) is 5.41 Å². The summed E-state index contributed by atoms with van der Waals surface area (Å²) < 4.78 is 1.02. The van der Waals surface area contributed by atoms with E-state index < -0.39 is 0 Å². The van der Waals surface area contributed by atoms with Gasteiger partial charge in [0.15, 0.2) is 0 Å². The molecule has 0 unspecified atom stereocenters. The summed E-state index contributed by atoms with van der Waals surface area (Å²) in [5.41, 5.74) is 3.70. The Labute approximate surface area is 195 Å². The number of nitrogens with one attached hydrogen (secondary N) is 1. The highest BCUT2D eigenvalue weighted by atomic mass is 32.1. The molecule has 7 heteroatoms. The van der Waals surface area contributed by atoms with Crippen LogP contribution >= 0.6 is 11.3 Å². The smallest absolute Gasteiger partial charge is 0.253 e. The highest BCUT2D eigenvalue weighted by Gasteiger charge is 2.31. The van der Waals surface area contributed by atoms with E-state index in [0.717, 1.165) is 21.5 Å². The summed E-state index contributed by atoms with van der Waals surface area (Å²) in [7, 11) is 1.78. The molecule has 33 heavy (non-hydrogen) atoms. The van der Waals surface area contributed by atoms with Crippen molar-refractivity contribution in [3.63, 3.8) is 0 Å². The Morgan fingerprint density at radius 2 is 1.76 bits per heavy atom. The molecule has 2 heterocycles. The van der Waals surface area contributed by atoms with Crippen LogP contribution in [0.15, 0.2) is 84.6 Å². The van der Waals surface area contributed by atoms with Gasteiger partial charge < -0.3 is 14.9 Å². The predicted molar refractivity (Wildman–Crippen MR) is 133 cm³/mol. The SMILES string of the molecule is CN(Cc1ccccc1)C(=O)c1ccc(N2CC(O)=C(c3nc4ccccc4s3)C2=N)cc1. The molecule has 0 spiro atoms. The fraction of sp³-hybridized carbons (Fsp3) is 0.115. The fourth-order valence-electron chi connectivity index (χ4n) is 3.94. The molecule has 2 N–H and O–H groups in total. The lowest BCUT2D eigenvalue weighted by Crippen LogP contribution is -2.27. The van der Waals surface area contributed by atoms with Gasteiger partial charge >= 0.3 is 0 Å². The zero-order valence-electron chi connectivity index (χ0n) is 18.0. The van der Waals surface area contributed by atoms with Crippen LogP contribution in [0.5, 0.6) is 0 Å². The molecule has 0 fully saturated rings. The number of anilines is 1. The molecule has 1 aromatic heterocycles. The molecule has 1 aliphatic rings. The van der Waals surface area contributed by atoms with Gasteiger partial charge in [-0.05, 0) is 42.0 Å². The second kappa shape index (κ2) is 8.52. The first-order valence-corrected chi connectivity index (χ1v) is 11.4. The molecule has 0 saturated carbocycles. The third-order valence-corrected chi connectivity index (χ3v) is 6.70. The zero-order chi connectivity index (χ0) is 22.9. The lowest BCUT2D eigenvalue weighted by Gasteiger charge is -2.20. The summed E-state index contributed by atoms with van der Waals surface area (Å²) in [5, 5.41) is 19.9. The van der Waals surface area contributed by atoms with Crippen LogP contribution in [0.4, 0.5) is 5.69 Å². The van der Waals surface area contributed by atoms with Crippen molar-refractivity contribution in [1.29, 1.82) is 5.41 Å². The number of amides is 1. The number of carbonyl (C=O) groups excluding carboxylic acids is 1. The summed E-state index contributed by atoms with van der Waals surface area (Å²) in [6.45, 7) is 0.729. The van der Waals surface area contributed by atoms with Crippen LogP contribution < -0.4 is 4.90 Å². The van der Waals surface area contributed by atoms with E-state index in [0.29, 0.717) is 22.7 Å². The van der Waals surface area contributed by atoms with E-state index in [9.17, 15) is 9.90 Å². The Balaban J connectivity index is 1.32. The van der Waals surface area contributed by atoms with Gasteiger partial charge in [-0.25, -0.2) is 4.98 Å². The van der Waals surface area contributed by atoms with Crippen molar-refractivity contribution in [1.82, 2.24) is 9.88 Å². The van der Waals surface area contributed by atoms with Crippen molar-refractivity contribution in [3.8, 4) is 0 Å². The second-order valence-electron chi connectivity index (χ2n) is 7.94. The number of carbonyl (C=O) groups is 1. The van der Waals surface area contributed by atoms with E-state index in [2.05, 4.69) is 4.98 Å². The number of nitrogens with zero attached hydrogens (tertiary/aromatic N) is 3. The largest absolute Gasteiger partial charge is 0.510 e. The van der Waals surface area contributed by atoms with Crippen molar-refractivity contribution in [3.05, 3.63) is 101 Å². The van der Waals surface area contributed by atoms with E-state index in [1.165, 1.54) is 11.3 Å². The highest BCUT2D eigenvalue weighted by molar-refractivity contribution is 7.19. The quantitative estimate of drug-likeness (QED) is 0.427. The third kappa shape index (κ3) is 3.99. The molecular weight excluding hydrogens is 432 g/mol. The molecule has 0 bridgehead atoms. The van der Waals surface area contributed by atoms with Gasteiger partial charge in [-0.3, -0.25) is 10.2 Å². The molecule has 1 aliphatic heterocycles. The first kappa shape index (κ1) is 20.9. The van der Waals surface area contributed by atoms with Gasteiger partial charge in [0.1, 0.15) is 16.6 Å². The second-order valence-corrected chi connectivity index (χ2v) is 8.97. The summed E-state index contributed by atoms with van der Waals surface area (Å²) in [6, 6.07) is 24.8. The number of hydrogen-bond acceptors (Lipinski definition) is 5. The van der Waals surface area contributed by atoms with Crippen LogP contribution in [0.1, 0.15) is 20.9 Å². The van der Waals surface area contributed by atoms with Crippen LogP contribution in [-0.4, -0.2) is 40.3 Å². The molecule has 0 aliphatic carbocycles. The predicted octanol–water partition coefficient (Wildman–Crippen LogP) is 5.34. The van der Waals surface area contributed by atoms with Crippen LogP contribution in [0.3, 0.4) is 0 Å². The zero-order valence-corrected chi connectivity index (χ0v) is 18.8. The first-order valence-electron chi connectivity index (χ1n) is 10.6. The molecule has 4 aromatic rings. The van der Waals surface area contributed by atoms with Gasteiger partial charge in [0, 0.05) is 24.8 Å². The van der Waals surface area contributed by atoms with E-state index in [-0.39, 0.29) is 24.0 Å². The van der Waals surface area contributed by atoms with Gasteiger partial charge in [-0.15, -0.1) is 11.3 Å². The number of thiazole rings is 1. The molecule has 5 rings (SSSR count). The highest BCUT2D eigenvalue weighted by Crippen LogP contribution is 2.35. The van der Waals surface area contributed by atoms with E-state index >= 15 is 0 Å². The normalized spacial score (nSPS) is 13.7. The third-order valence-electron chi connectivity index (χ3n) is 5.65. The molecule has 164 valence electrons. The minimum absolute atomic E-state index is 0.0713. The van der Waals surface area contributed by atoms with Crippen molar-refractivity contribution in [2.45, 2.75) is 6.54 Å². The maximum atomic E-state index is 12.8. The lowest BCUT2D eigenvalue weighted by molar-refractivity contribution is 0.0785. The Hall–Kier alpha value is -3.97. The minimum atomic E-state index is -0.0713. The van der Waals surface area contributed by atoms with Crippen LogP contribution in [-0.2, 0) is 6.54 Å². The lowest BCUT2D eigenvalue weighted by atomic mass is 10.1. The Morgan fingerprint density at radius 1 is 1.06 bits per heavy atom. The van der Waals surface area contributed by atoms with Gasteiger partial charge in [-0.1, -0.05) is 42.5 Å². The number of amidine groups is 1. The van der Waals surface area contributed by atoms with E-state index in [4.69, 9.17) is 5.41 Å². The Morgan fingerprint density at radius 3 is 2.48 bits per heavy atom. The monoisotopic (exact) mass is 454 g/mol. The number of hydrogen-bond donors (Lipinski definition) is 2.